The van der Waals surface area contributed by atoms with E-state index >= 15 is 0 Å². The smallest absolute Gasteiger partial charge is 0.244 e. The van der Waals surface area contributed by atoms with Crippen LogP contribution in [0.2, 0.25) is 0 Å². The van der Waals surface area contributed by atoms with E-state index in [-0.39, 0.29) is 12.1 Å². The minimum Gasteiger partial charge on any atom is -0.348 e. The third-order valence-electron chi connectivity index (χ3n) is 4.16. The zero-order valence-corrected chi connectivity index (χ0v) is 15.0. The molecule has 1 N–H and O–H groups in total. The standard InChI is InChI=1S/C19H19F2N5O/c1-3-13-4-6-14(7-5-13)19-23-25-26(24-19)11-18(27)22-12(2)16-9-8-15(20)10-17(16)21/h4-10,12H,3,11H2,1-2H3,(H,22,27)/t12-/m0/s1. The van der Waals surface area contributed by atoms with Gasteiger partial charge in [0.25, 0.3) is 0 Å². The second-order valence-corrected chi connectivity index (χ2v) is 6.15. The molecule has 1 heterocycles. The predicted octanol–water partition coefficient (Wildman–Crippen LogP) is 3.06. The molecule has 0 bridgehead atoms. The van der Waals surface area contributed by atoms with Crippen molar-refractivity contribution in [2.75, 3.05) is 0 Å². The van der Waals surface area contributed by atoms with Crippen LogP contribution in [0.15, 0.2) is 42.5 Å². The van der Waals surface area contributed by atoms with Gasteiger partial charge in [0.2, 0.25) is 11.7 Å². The summed E-state index contributed by atoms with van der Waals surface area (Å²) in [6.45, 7) is 3.53. The van der Waals surface area contributed by atoms with Crippen LogP contribution in [0.1, 0.15) is 31.0 Å². The van der Waals surface area contributed by atoms with Crippen molar-refractivity contribution in [1.29, 1.82) is 0 Å². The summed E-state index contributed by atoms with van der Waals surface area (Å²) in [6, 6.07) is 10.4. The predicted molar refractivity (Wildman–Crippen MR) is 95.5 cm³/mol. The van der Waals surface area contributed by atoms with Gasteiger partial charge in [0.1, 0.15) is 18.2 Å². The number of carbonyl (C=O) groups is 1. The molecule has 0 fully saturated rings. The van der Waals surface area contributed by atoms with Crippen LogP contribution < -0.4 is 5.32 Å². The van der Waals surface area contributed by atoms with Crippen LogP contribution in [0, 0.1) is 11.6 Å². The molecule has 0 saturated carbocycles. The summed E-state index contributed by atoms with van der Waals surface area (Å²) in [5.41, 5.74) is 2.21. The number of aryl methyl sites for hydroxylation is 1. The summed E-state index contributed by atoms with van der Waals surface area (Å²) in [6.07, 6.45) is 0.938. The van der Waals surface area contributed by atoms with E-state index in [1.165, 1.54) is 16.4 Å². The molecular weight excluding hydrogens is 352 g/mol. The second kappa shape index (κ2) is 8.03. The first-order valence-corrected chi connectivity index (χ1v) is 8.57. The Balaban J connectivity index is 1.63. The summed E-state index contributed by atoms with van der Waals surface area (Å²) in [4.78, 5) is 13.3. The lowest BCUT2D eigenvalue weighted by Crippen LogP contribution is -2.31. The van der Waals surface area contributed by atoms with E-state index in [1.807, 2.05) is 24.3 Å². The highest BCUT2D eigenvalue weighted by molar-refractivity contribution is 5.76. The van der Waals surface area contributed by atoms with E-state index in [2.05, 4.69) is 27.7 Å². The van der Waals surface area contributed by atoms with Gasteiger partial charge in [-0.2, -0.15) is 4.80 Å². The summed E-state index contributed by atoms with van der Waals surface area (Å²) < 4.78 is 26.8. The van der Waals surface area contributed by atoms with Gasteiger partial charge in [-0.3, -0.25) is 4.79 Å². The molecule has 3 rings (SSSR count). The Kier molecular flexibility index (Phi) is 5.54. The highest BCUT2D eigenvalue weighted by atomic mass is 19.1. The molecule has 0 aliphatic carbocycles. The average Bonchev–Trinajstić information content (AvgIpc) is 3.09. The first kappa shape index (κ1) is 18.6. The fourth-order valence-electron chi connectivity index (χ4n) is 2.66. The zero-order chi connectivity index (χ0) is 19.4. The number of amides is 1. The minimum absolute atomic E-state index is 0.160. The Morgan fingerprint density at radius 3 is 2.59 bits per heavy atom. The van der Waals surface area contributed by atoms with Crippen molar-refractivity contribution in [3.8, 4) is 11.4 Å². The van der Waals surface area contributed by atoms with Crippen LogP contribution >= 0.6 is 0 Å². The van der Waals surface area contributed by atoms with Crippen LogP contribution in [-0.2, 0) is 17.8 Å². The van der Waals surface area contributed by atoms with Crippen LogP contribution in [0.4, 0.5) is 8.78 Å². The number of benzene rings is 2. The Labute approximate surface area is 155 Å². The number of carbonyl (C=O) groups excluding carboxylic acids is 1. The van der Waals surface area contributed by atoms with E-state index in [0.29, 0.717) is 5.82 Å². The number of nitrogens with one attached hydrogen (secondary N) is 1. The fraction of sp³-hybridized carbons (Fsp3) is 0.263. The van der Waals surface area contributed by atoms with Crippen molar-refractivity contribution >= 4 is 5.91 Å². The maximum Gasteiger partial charge on any atom is 0.244 e. The highest BCUT2D eigenvalue weighted by Gasteiger charge is 2.16. The maximum absolute atomic E-state index is 13.8. The molecule has 0 spiro atoms. The molecule has 27 heavy (non-hydrogen) atoms. The molecule has 8 heteroatoms. The molecule has 6 nitrogen and oxygen atoms in total. The molecule has 1 atom stereocenters. The van der Waals surface area contributed by atoms with Crippen LogP contribution in [-0.4, -0.2) is 26.1 Å². The third kappa shape index (κ3) is 4.52. The van der Waals surface area contributed by atoms with Crippen molar-refractivity contribution in [1.82, 2.24) is 25.5 Å². The monoisotopic (exact) mass is 371 g/mol. The largest absolute Gasteiger partial charge is 0.348 e. The van der Waals surface area contributed by atoms with Crippen molar-refractivity contribution in [2.24, 2.45) is 0 Å². The molecule has 140 valence electrons. The molecule has 1 aromatic heterocycles. The first-order valence-electron chi connectivity index (χ1n) is 8.57. The second-order valence-electron chi connectivity index (χ2n) is 6.15. The van der Waals surface area contributed by atoms with Crippen LogP contribution in [0.3, 0.4) is 0 Å². The number of hydrogen-bond donors (Lipinski definition) is 1. The van der Waals surface area contributed by atoms with Crippen LogP contribution in [0.5, 0.6) is 0 Å². The normalized spacial score (nSPS) is 12.0. The number of nitrogens with zero attached hydrogens (tertiary/aromatic N) is 4. The van der Waals surface area contributed by atoms with Gasteiger partial charge in [-0.05, 0) is 30.2 Å². The summed E-state index contributed by atoms with van der Waals surface area (Å²) >= 11 is 0. The molecular formula is C19H19F2N5O. The van der Waals surface area contributed by atoms with Gasteiger partial charge in [-0.15, -0.1) is 10.2 Å². The topological polar surface area (TPSA) is 72.7 Å². The number of tetrazole rings is 1. The SMILES string of the molecule is CCc1ccc(-c2nnn(CC(=O)N[C@@H](C)c3ccc(F)cc3F)n2)cc1. The molecule has 0 aliphatic heterocycles. The number of rotatable bonds is 6. The average molecular weight is 371 g/mol. The van der Waals surface area contributed by atoms with E-state index < -0.39 is 23.6 Å². The lowest BCUT2D eigenvalue weighted by molar-refractivity contribution is -0.122. The highest BCUT2D eigenvalue weighted by Crippen LogP contribution is 2.18. The third-order valence-corrected chi connectivity index (χ3v) is 4.16. The Bertz CT molecular complexity index is 940. The van der Waals surface area contributed by atoms with Crippen molar-refractivity contribution in [3.63, 3.8) is 0 Å². The number of hydrogen-bond acceptors (Lipinski definition) is 4. The minimum atomic E-state index is -0.709. The van der Waals surface area contributed by atoms with Gasteiger partial charge in [-0.25, -0.2) is 8.78 Å². The molecule has 0 aliphatic rings. The maximum atomic E-state index is 13.8. The van der Waals surface area contributed by atoms with Gasteiger partial charge in [0.15, 0.2) is 0 Å². The van der Waals surface area contributed by atoms with Gasteiger partial charge in [-0.1, -0.05) is 37.3 Å². The van der Waals surface area contributed by atoms with E-state index in [4.69, 9.17) is 0 Å². The van der Waals surface area contributed by atoms with Crippen molar-refractivity contribution in [3.05, 3.63) is 65.2 Å². The van der Waals surface area contributed by atoms with Gasteiger partial charge < -0.3 is 5.32 Å². The molecule has 0 radical (unpaired) electrons. The molecule has 0 saturated heterocycles. The molecule has 3 aromatic rings. The van der Waals surface area contributed by atoms with E-state index in [1.54, 1.807) is 6.92 Å². The van der Waals surface area contributed by atoms with Crippen molar-refractivity contribution < 1.29 is 13.6 Å². The van der Waals surface area contributed by atoms with Crippen LogP contribution in [0.25, 0.3) is 11.4 Å². The quantitative estimate of drug-likeness (QED) is 0.723. The Hall–Kier alpha value is -3.16. The van der Waals surface area contributed by atoms with Gasteiger partial charge in [0.05, 0.1) is 6.04 Å². The van der Waals surface area contributed by atoms with E-state index in [0.717, 1.165) is 24.1 Å². The molecule has 2 aromatic carbocycles. The summed E-state index contributed by atoms with van der Waals surface area (Å²) in [5, 5.41) is 14.7. The van der Waals surface area contributed by atoms with Crippen molar-refractivity contribution in [2.45, 2.75) is 32.9 Å². The summed E-state index contributed by atoms with van der Waals surface area (Å²) in [7, 11) is 0. The Morgan fingerprint density at radius 1 is 1.19 bits per heavy atom. The first-order chi connectivity index (χ1) is 13.0. The zero-order valence-electron chi connectivity index (χ0n) is 15.0. The number of aromatic nitrogens is 4. The Morgan fingerprint density at radius 2 is 1.93 bits per heavy atom. The molecule has 0 unspecified atom stereocenters. The summed E-state index contributed by atoms with van der Waals surface area (Å²) in [5.74, 6) is -1.36. The fourth-order valence-corrected chi connectivity index (χ4v) is 2.66. The lowest BCUT2D eigenvalue weighted by atomic mass is 10.1. The number of halogens is 2. The lowest BCUT2D eigenvalue weighted by Gasteiger charge is -2.14. The van der Waals surface area contributed by atoms with E-state index in [9.17, 15) is 13.6 Å². The van der Waals surface area contributed by atoms with Gasteiger partial charge >= 0.3 is 0 Å². The molecule has 1 amide bonds. The van der Waals surface area contributed by atoms with Gasteiger partial charge in [0, 0.05) is 17.2 Å².